The predicted octanol–water partition coefficient (Wildman–Crippen LogP) is 4.43. The van der Waals surface area contributed by atoms with Crippen LogP contribution in [0.1, 0.15) is 34.9 Å². The van der Waals surface area contributed by atoms with Crippen LogP contribution in [0.2, 0.25) is 5.02 Å². The van der Waals surface area contributed by atoms with Gasteiger partial charge in [0.15, 0.2) is 5.82 Å². The first-order valence-corrected chi connectivity index (χ1v) is 10.1. The van der Waals surface area contributed by atoms with E-state index in [1.807, 2.05) is 24.3 Å². The van der Waals surface area contributed by atoms with Gasteiger partial charge in [0.1, 0.15) is 11.5 Å². The van der Waals surface area contributed by atoms with Crippen molar-refractivity contribution in [2.45, 2.75) is 18.8 Å². The van der Waals surface area contributed by atoms with Crippen LogP contribution in [-0.2, 0) is 0 Å². The SMILES string of the molecule is COc1cc(Cl)ccc1C(=O)N1CCC[C@@H](c2noc(-c3ccccc3OC)n2)C1. The van der Waals surface area contributed by atoms with Crippen molar-refractivity contribution in [3.05, 3.63) is 58.9 Å². The van der Waals surface area contributed by atoms with E-state index in [9.17, 15) is 4.79 Å². The van der Waals surface area contributed by atoms with Crippen molar-refractivity contribution in [2.24, 2.45) is 0 Å². The summed E-state index contributed by atoms with van der Waals surface area (Å²) in [6.07, 6.45) is 1.73. The molecule has 1 atom stereocenters. The fraction of sp³-hybridized carbons (Fsp3) is 0.318. The molecule has 1 aliphatic heterocycles. The summed E-state index contributed by atoms with van der Waals surface area (Å²) in [5.41, 5.74) is 1.23. The molecule has 2 heterocycles. The monoisotopic (exact) mass is 427 g/mol. The zero-order chi connectivity index (χ0) is 21.1. The summed E-state index contributed by atoms with van der Waals surface area (Å²) in [5.74, 6) is 2.03. The highest BCUT2D eigenvalue weighted by molar-refractivity contribution is 6.30. The van der Waals surface area contributed by atoms with E-state index in [4.69, 9.17) is 25.6 Å². The van der Waals surface area contributed by atoms with Crippen LogP contribution in [0.25, 0.3) is 11.5 Å². The van der Waals surface area contributed by atoms with Gasteiger partial charge in [-0.15, -0.1) is 0 Å². The van der Waals surface area contributed by atoms with Gasteiger partial charge in [-0.05, 0) is 43.2 Å². The summed E-state index contributed by atoms with van der Waals surface area (Å²) in [6, 6.07) is 12.5. The minimum atomic E-state index is -0.0957. The number of piperidine rings is 1. The number of benzene rings is 2. The molecular weight excluding hydrogens is 406 g/mol. The number of carbonyl (C=O) groups is 1. The zero-order valence-electron chi connectivity index (χ0n) is 16.8. The molecule has 1 saturated heterocycles. The Balaban J connectivity index is 1.54. The van der Waals surface area contributed by atoms with Crippen molar-refractivity contribution in [2.75, 3.05) is 27.3 Å². The van der Waals surface area contributed by atoms with Crippen molar-refractivity contribution in [1.82, 2.24) is 15.0 Å². The predicted molar refractivity (Wildman–Crippen MR) is 112 cm³/mol. The lowest BCUT2D eigenvalue weighted by molar-refractivity contribution is 0.0700. The molecule has 1 amide bonds. The van der Waals surface area contributed by atoms with Gasteiger partial charge in [0.25, 0.3) is 11.8 Å². The Morgan fingerprint density at radius 3 is 2.77 bits per heavy atom. The van der Waals surface area contributed by atoms with Gasteiger partial charge in [-0.2, -0.15) is 4.98 Å². The topological polar surface area (TPSA) is 77.7 Å². The van der Waals surface area contributed by atoms with Crippen LogP contribution in [0, 0.1) is 0 Å². The Morgan fingerprint density at radius 2 is 1.97 bits per heavy atom. The molecular formula is C22H22ClN3O4. The van der Waals surface area contributed by atoms with E-state index in [-0.39, 0.29) is 11.8 Å². The van der Waals surface area contributed by atoms with Gasteiger partial charge in [0, 0.05) is 24.0 Å². The first-order valence-electron chi connectivity index (χ1n) is 9.70. The van der Waals surface area contributed by atoms with Crippen molar-refractivity contribution < 1.29 is 18.8 Å². The largest absolute Gasteiger partial charge is 0.496 e. The van der Waals surface area contributed by atoms with E-state index in [1.165, 1.54) is 7.11 Å². The fourth-order valence-corrected chi connectivity index (χ4v) is 3.88. The summed E-state index contributed by atoms with van der Waals surface area (Å²) < 4.78 is 16.2. The summed E-state index contributed by atoms with van der Waals surface area (Å²) in [6.45, 7) is 1.17. The normalized spacial score (nSPS) is 16.4. The van der Waals surface area contributed by atoms with Gasteiger partial charge >= 0.3 is 0 Å². The number of likely N-dealkylation sites (tertiary alicyclic amines) is 1. The molecule has 0 radical (unpaired) electrons. The molecule has 0 N–H and O–H groups in total. The molecule has 8 heteroatoms. The van der Waals surface area contributed by atoms with Crippen molar-refractivity contribution in [3.8, 4) is 23.0 Å². The molecule has 0 unspecified atom stereocenters. The molecule has 0 aliphatic carbocycles. The van der Waals surface area contributed by atoms with Crippen LogP contribution < -0.4 is 9.47 Å². The third-order valence-corrected chi connectivity index (χ3v) is 5.48. The van der Waals surface area contributed by atoms with Gasteiger partial charge in [0.2, 0.25) is 0 Å². The molecule has 0 bridgehead atoms. The van der Waals surface area contributed by atoms with Crippen LogP contribution in [-0.4, -0.2) is 48.3 Å². The van der Waals surface area contributed by atoms with Crippen LogP contribution >= 0.6 is 11.6 Å². The number of hydrogen-bond donors (Lipinski definition) is 0. The molecule has 3 aromatic rings. The molecule has 0 spiro atoms. The Hall–Kier alpha value is -3.06. The Kier molecular flexibility index (Phi) is 5.90. The highest BCUT2D eigenvalue weighted by atomic mass is 35.5. The second-order valence-electron chi connectivity index (χ2n) is 7.09. The average Bonchev–Trinajstić information content (AvgIpc) is 3.28. The second-order valence-corrected chi connectivity index (χ2v) is 7.53. The third-order valence-electron chi connectivity index (χ3n) is 5.25. The summed E-state index contributed by atoms with van der Waals surface area (Å²) >= 11 is 6.02. The van der Waals surface area contributed by atoms with Crippen LogP contribution in [0.4, 0.5) is 0 Å². The standard InChI is InChI=1S/C22H22ClN3O4/c1-28-18-8-4-3-7-16(18)21-24-20(25-30-21)14-6-5-11-26(13-14)22(27)17-10-9-15(23)12-19(17)29-2/h3-4,7-10,12,14H,5-6,11,13H2,1-2H3/t14-/m1/s1. The van der Waals surface area contributed by atoms with E-state index in [0.717, 1.165) is 18.4 Å². The smallest absolute Gasteiger partial charge is 0.261 e. The number of para-hydroxylation sites is 1. The molecule has 7 nitrogen and oxygen atoms in total. The number of halogens is 1. The van der Waals surface area contributed by atoms with Gasteiger partial charge in [-0.25, -0.2) is 0 Å². The van der Waals surface area contributed by atoms with E-state index < -0.39 is 0 Å². The third kappa shape index (κ3) is 3.98. The lowest BCUT2D eigenvalue weighted by atomic mass is 9.96. The second kappa shape index (κ2) is 8.75. The summed E-state index contributed by atoms with van der Waals surface area (Å²) in [7, 11) is 3.13. The molecule has 30 heavy (non-hydrogen) atoms. The fourth-order valence-electron chi connectivity index (χ4n) is 3.72. The zero-order valence-corrected chi connectivity index (χ0v) is 17.6. The molecule has 2 aromatic carbocycles. The first kappa shape index (κ1) is 20.2. The molecule has 4 rings (SSSR count). The summed E-state index contributed by atoms with van der Waals surface area (Å²) in [4.78, 5) is 19.5. The maximum absolute atomic E-state index is 13.1. The Morgan fingerprint density at radius 1 is 1.17 bits per heavy atom. The van der Waals surface area contributed by atoms with Gasteiger partial charge < -0.3 is 18.9 Å². The highest BCUT2D eigenvalue weighted by Crippen LogP contribution is 2.32. The van der Waals surface area contributed by atoms with Crippen molar-refractivity contribution >= 4 is 17.5 Å². The number of aromatic nitrogens is 2. The molecule has 1 aromatic heterocycles. The van der Waals surface area contributed by atoms with Crippen LogP contribution in [0.5, 0.6) is 11.5 Å². The van der Waals surface area contributed by atoms with Crippen LogP contribution in [0.15, 0.2) is 47.0 Å². The lowest BCUT2D eigenvalue weighted by Gasteiger charge is -2.31. The molecule has 1 fully saturated rings. The van der Waals surface area contributed by atoms with E-state index in [2.05, 4.69) is 10.1 Å². The minimum Gasteiger partial charge on any atom is -0.496 e. The van der Waals surface area contributed by atoms with Gasteiger partial charge in [-0.1, -0.05) is 28.9 Å². The van der Waals surface area contributed by atoms with Crippen LogP contribution in [0.3, 0.4) is 0 Å². The maximum Gasteiger partial charge on any atom is 0.261 e. The molecule has 1 aliphatic rings. The number of nitrogens with zero attached hydrogens (tertiary/aromatic N) is 3. The lowest BCUT2D eigenvalue weighted by Crippen LogP contribution is -2.39. The number of methoxy groups -OCH3 is 2. The Labute approximate surface area is 179 Å². The quantitative estimate of drug-likeness (QED) is 0.599. The van der Waals surface area contributed by atoms with E-state index >= 15 is 0 Å². The number of amides is 1. The minimum absolute atomic E-state index is 0.00629. The number of rotatable bonds is 5. The Bertz CT molecular complexity index is 1050. The van der Waals surface area contributed by atoms with Gasteiger partial charge in [0.05, 0.1) is 25.3 Å². The van der Waals surface area contributed by atoms with E-state index in [1.54, 1.807) is 30.2 Å². The van der Waals surface area contributed by atoms with Crippen molar-refractivity contribution in [1.29, 1.82) is 0 Å². The number of ether oxygens (including phenoxy) is 2. The maximum atomic E-state index is 13.1. The van der Waals surface area contributed by atoms with E-state index in [0.29, 0.717) is 46.9 Å². The first-order chi connectivity index (χ1) is 14.6. The number of carbonyl (C=O) groups excluding carboxylic acids is 1. The highest BCUT2D eigenvalue weighted by Gasteiger charge is 2.30. The van der Waals surface area contributed by atoms with Gasteiger partial charge in [-0.3, -0.25) is 4.79 Å². The summed E-state index contributed by atoms with van der Waals surface area (Å²) in [5, 5.41) is 4.71. The van der Waals surface area contributed by atoms with Crippen molar-refractivity contribution in [3.63, 3.8) is 0 Å². The number of hydrogen-bond acceptors (Lipinski definition) is 6. The average molecular weight is 428 g/mol. The molecule has 156 valence electrons. The molecule has 0 saturated carbocycles.